The van der Waals surface area contributed by atoms with Crippen LogP contribution in [-0.2, 0) is 16.0 Å². The fourth-order valence-electron chi connectivity index (χ4n) is 5.37. The van der Waals surface area contributed by atoms with E-state index in [0.29, 0.717) is 17.3 Å². The second kappa shape index (κ2) is 13.5. The lowest BCUT2D eigenvalue weighted by Crippen LogP contribution is -2.36. The predicted molar refractivity (Wildman–Crippen MR) is 167 cm³/mol. The summed E-state index contributed by atoms with van der Waals surface area (Å²) in [6, 6.07) is 25.8. The monoisotopic (exact) mass is 589 g/mol. The van der Waals surface area contributed by atoms with Crippen molar-refractivity contribution in [3.8, 4) is 39.4 Å². The molecule has 0 radical (unpaired) electrons. The van der Waals surface area contributed by atoms with Gasteiger partial charge in [-0.25, -0.2) is 4.98 Å². The molecule has 1 aromatic heterocycles. The molecule has 212 valence electrons. The summed E-state index contributed by atoms with van der Waals surface area (Å²) < 4.78 is 11.5. The number of pyridine rings is 1. The van der Waals surface area contributed by atoms with Crippen LogP contribution in [-0.4, -0.2) is 55.2 Å². The molecule has 0 unspecified atom stereocenters. The van der Waals surface area contributed by atoms with Crippen molar-refractivity contribution in [2.75, 3.05) is 44.8 Å². The van der Waals surface area contributed by atoms with Crippen LogP contribution in [0.4, 0.5) is 5.69 Å². The van der Waals surface area contributed by atoms with Gasteiger partial charge in [0.15, 0.2) is 0 Å². The maximum absolute atomic E-state index is 13.1. The van der Waals surface area contributed by atoms with Crippen LogP contribution in [0, 0.1) is 0 Å². The lowest BCUT2D eigenvalue weighted by atomic mass is 9.92. The quantitative estimate of drug-likeness (QED) is 0.221. The molecule has 1 fully saturated rings. The summed E-state index contributed by atoms with van der Waals surface area (Å²) in [4.78, 5) is 20.7. The molecule has 41 heavy (non-hydrogen) atoms. The Balaban J connectivity index is 0.00000337. The van der Waals surface area contributed by atoms with Crippen LogP contribution in [0.15, 0.2) is 78.9 Å². The first-order chi connectivity index (χ1) is 19.6. The van der Waals surface area contributed by atoms with Crippen LogP contribution in [0.1, 0.15) is 18.4 Å². The number of ether oxygens (including phenoxy) is 2. The molecule has 2 aliphatic heterocycles. The molecule has 3 heterocycles. The number of carbonyl (C=O) groups excluding carboxylic acids is 1. The normalized spacial score (nSPS) is 14.7. The fraction of sp³-hybridized carbons (Fsp3) is 0.273. The summed E-state index contributed by atoms with van der Waals surface area (Å²) in [5, 5.41) is 3.76. The Labute approximate surface area is 252 Å². The molecule has 6 rings (SSSR count). The van der Waals surface area contributed by atoms with Crippen molar-refractivity contribution in [1.29, 1.82) is 0 Å². The minimum absolute atomic E-state index is 0. The van der Waals surface area contributed by atoms with E-state index >= 15 is 0 Å². The first-order valence-electron chi connectivity index (χ1n) is 13.9. The number of benzene rings is 3. The van der Waals surface area contributed by atoms with E-state index in [1.807, 2.05) is 60.7 Å². The number of anilines is 1. The van der Waals surface area contributed by atoms with Crippen molar-refractivity contribution < 1.29 is 14.3 Å². The zero-order chi connectivity index (χ0) is 27.3. The van der Waals surface area contributed by atoms with Crippen molar-refractivity contribution in [3.05, 3.63) is 89.4 Å². The third-order valence-corrected chi connectivity index (χ3v) is 7.66. The van der Waals surface area contributed by atoms with Crippen molar-refractivity contribution >= 4 is 35.6 Å². The summed E-state index contributed by atoms with van der Waals surface area (Å²) in [7, 11) is 0. The largest absolute Gasteiger partial charge is 0.494 e. The third-order valence-electron chi connectivity index (χ3n) is 7.43. The van der Waals surface area contributed by atoms with Gasteiger partial charge in [-0.05, 0) is 66.4 Å². The van der Waals surface area contributed by atoms with Gasteiger partial charge in [-0.1, -0.05) is 54.1 Å². The Morgan fingerprint density at radius 3 is 2.51 bits per heavy atom. The van der Waals surface area contributed by atoms with Gasteiger partial charge in [0.25, 0.3) is 0 Å². The maximum Gasteiger partial charge on any atom is 0.228 e. The van der Waals surface area contributed by atoms with Crippen LogP contribution >= 0.6 is 24.0 Å². The summed E-state index contributed by atoms with van der Waals surface area (Å²) in [5.74, 6) is 0.667. The predicted octanol–water partition coefficient (Wildman–Crippen LogP) is 7.14. The molecular formula is C33H33Cl2N3O3. The second-order valence-electron chi connectivity index (χ2n) is 10.2. The van der Waals surface area contributed by atoms with E-state index < -0.39 is 0 Å². The summed E-state index contributed by atoms with van der Waals surface area (Å²) in [6.07, 6.45) is 2.27. The molecule has 1 N–H and O–H groups in total. The number of amides is 1. The number of nitrogens with one attached hydrogen (secondary N) is 1. The highest BCUT2D eigenvalue weighted by molar-refractivity contribution is 6.30. The Kier molecular flexibility index (Phi) is 9.57. The second-order valence-corrected chi connectivity index (χ2v) is 10.6. The number of rotatable bonds is 8. The first kappa shape index (κ1) is 29.1. The van der Waals surface area contributed by atoms with Gasteiger partial charge >= 0.3 is 0 Å². The molecule has 0 aliphatic carbocycles. The van der Waals surface area contributed by atoms with E-state index in [9.17, 15) is 4.79 Å². The number of hydrogen-bond donors (Lipinski definition) is 1. The molecular weight excluding hydrogens is 557 g/mol. The average Bonchev–Trinajstić information content (AvgIpc) is 3.12. The van der Waals surface area contributed by atoms with Crippen LogP contribution in [0.25, 0.3) is 33.6 Å². The highest BCUT2D eigenvalue weighted by Gasteiger charge is 2.25. The number of halogens is 2. The van der Waals surface area contributed by atoms with Crippen molar-refractivity contribution in [3.63, 3.8) is 0 Å². The Hall–Kier alpha value is -3.42. The number of fused-ring (bicyclic) bond motifs is 3. The Bertz CT molecular complexity index is 1510. The number of nitrogens with zero attached hydrogens (tertiary/aromatic N) is 2. The molecule has 2 aliphatic rings. The first-order valence-corrected chi connectivity index (χ1v) is 14.2. The minimum Gasteiger partial charge on any atom is -0.494 e. The zero-order valence-corrected chi connectivity index (χ0v) is 24.3. The zero-order valence-electron chi connectivity index (χ0n) is 22.8. The maximum atomic E-state index is 13.1. The fourth-order valence-corrected chi connectivity index (χ4v) is 5.56. The van der Waals surface area contributed by atoms with E-state index in [-0.39, 0.29) is 24.7 Å². The Morgan fingerprint density at radius 2 is 1.71 bits per heavy atom. The smallest absolute Gasteiger partial charge is 0.228 e. The van der Waals surface area contributed by atoms with E-state index in [1.54, 1.807) is 0 Å². The van der Waals surface area contributed by atoms with Crippen LogP contribution in [0.5, 0.6) is 5.75 Å². The van der Waals surface area contributed by atoms with Gasteiger partial charge in [0.1, 0.15) is 5.75 Å². The van der Waals surface area contributed by atoms with Crippen molar-refractivity contribution in [1.82, 2.24) is 9.88 Å². The van der Waals surface area contributed by atoms with Crippen LogP contribution in [0.2, 0.25) is 5.02 Å². The lowest BCUT2D eigenvalue weighted by Gasteiger charge is -2.26. The number of unbranched alkanes of at least 4 members (excludes halogenated alkanes) is 1. The standard InChI is InChI=1S/C33H32ClN3O3.ClH/c34-25-10-6-9-24(19-25)30-21-28(23-7-2-1-3-8-23)29-22-32(38)35-31-20-26(11-12-27(31)33(29)36-30)40-16-5-4-13-37-14-17-39-18-15-37;/h1-3,6-12,19-21H,4-5,13-18,22H2,(H,35,38);1H. The number of morpholine rings is 1. The van der Waals surface area contributed by atoms with Crippen molar-refractivity contribution in [2.24, 2.45) is 0 Å². The molecule has 0 atom stereocenters. The average molecular weight is 591 g/mol. The van der Waals surface area contributed by atoms with Gasteiger partial charge in [-0.2, -0.15) is 0 Å². The van der Waals surface area contributed by atoms with E-state index in [4.69, 9.17) is 26.1 Å². The molecule has 0 bridgehead atoms. The highest BCUT2D eigenvalue weighted by atomic mass is 35.5. The molecule has 3 aromatic carbocycles. The lowest BCUT2D eigenvalue weighted by molar-refractivity contribution is -0.115. The van der Waals surface area contributed by atoms with Gasteiger partial charge in [0, 0.05) is 35.3 Å². The van der Waals surface area contributed by atoms with E-state index in [1.165, 1.54) is 0 Å². The Morgan fingerprint density at radius 1 is 0.902 bits per heavy atom. The number of hydrogen-bond acceptors (Lipinski definition) is 5. The molecule has 6 nitrogen and oxygen atoms in total. The highest BCUT2D eigenvalue weighted by Crippen LogP contribution is 2.41. The van der Waals surface area contributed by atoms with E-state index in [2.05, 4.69) is 28.4 Å². The summed E-state index contributed by atoms with van der Waals surface area (Å²) >= 11 is 6.34. The van der Waals surface area contributed by atoms with Gasteiger partial charge in [-0.3, -0.25) is 9.69 Å². The number of carbonyl (C=O) groups is 1. The van der Waals surface area contributed by atoms with E-state index in [0.717, 1.165) is 90.6 Å². The summed E-state index contributed by atoms with van der Waals surface area (Å²) in [6.45, 7) is 5.35. The molecule has 1 saturated heterocycles. The molecule has 1 amide bonds. The number of aromatic nitrogens is 1. The van der Waals surface area contributed by atoms with Crippen molar-refractivity contribution in [2.45, 2.75) is 19.3 Å². The molecule has 0 saturated carbocycles. The van der Waals surface area contributed by atoms with Gasteiger partial charge in [-0.15, -0.1) is 12.4 Å². The molecule has 0 spiro atoms. The summed E-state index contributed by atoms with van der Waals surface area (Å²) in [5.41, 5.74) is 7.05. The van der Waals surface area contributed by atoms with Gasteiger partial charge in [0.2, 0.25) is 5.91 Å². The van der Waals surface area contributed by atoms with Crippen LogP contribution < -0.4 is 10.1 Å². The van der Waals surface area contributed by atoms with Gasteiger partial charge < -0.3 is 14.8 Å². The molecule has 4 aromatic rings. The molecule has 8 heteroatoms. The minimum atomic E-state index is -0.0721. The van der Waals surface area contributed by atoms with Gasteiger partial charge in [0.05, 0.1) is 43.3 Å². The SMILES string of the molecule is Cl.O=C1Cc2c(-c3ccccc3)cc(-c3cccc(Cl)c3)nc2-c2ccc(OCCCCN3CCOCC3)cc2N1. The van der Waals surface area contributed by atoms with Crippen LogP contribution in [0.3, 0.4) is 0 Å². The topological polar surface area (TPSA) is 63.7 Å². The third kappa shape index (κ3) is 6.91.